The summed E-state index contributed by atoms with van der Waals surface area (Å²) in [6, 6.07) is 14.7. The molecular formula is C22H16N4O3S. The highest BCUT2D eigenvalue weighted by Gasteiger charge is 2.33. The molecule has 0 fully saturated rings. The van der Waals surface area contributed by atoms with Gasteiger partial charge in [-0.3, -0.25) is 9.59 Å². The topological polar surface area (TPSA) is 76.8 Å². The third-order valence-corrected chi connectivity index (χ3v) is 6.00. The summed E-state index contributed by atoms with van der Waals surface area (Å²) in [7, 11) is 1.60. The normalized spacial score (nSPS) is 15.0. The second kappa shape index (κ2) is 6.93. The van der Waals surface area contributed by atoms with Crippen LogP contribution in [0.4, 0.5) is 5.69 Å². The number of aromatic nitrogens is 3. The zero-order valence-corrected chi connectivity index (χ0v) is 16.8. The highest BCUT2D eigenvalue weighted by Crippen LogP contribution is 2.35. The van der Waals surface area contributed by atoms with E-state index in [1.807, 2.05) is 48.5 Å². The van der Waals surface area contributed by atoms with Gasteiger partial charge in [-0.25, -0.2) is 0 Å². The minimum Gasteiger partial charge on any atom is -0.497 e. The average Bonchev–Trinajstić information content (AvgIpc) is 3.40. The maximum Gasteiger partial charge on any atom is 0.291 e. The zero-order chi connectivity index (χ0) is 20.8. The van der Waals surface area contributed by atoms with Gasteiger partial charge in [0.25, 0.3) is 11.5 Å². The predicted octanol–water partition coefficient (Wildman–Crippen LogP) is 2.28. The van der Waals surface area contributed by atoms with Crippen LogP contribution in [0.15, 0.2) is 66.0 Å². The number of fused-ring (bicyclic) bond motifs is 2. The Morgan fingerprint density at radius 1 is 1.13 bits per heavy atom. The largest absolute Gasteiger partial charge is 0.497 e. The van der Waals surface area contributed by atoms with Gasteiger partial charge in [-0.15, -0.1) is 11.7 Å². The first kappa shape index (κ1) is 18.3. The van der Waals surface area contributed by atoms with E-state index in [1.54, 1.807) is 18.1 Å². The van der Waals surface area contributed by atoms with Gasteiger partial charge in [-0.05, 0) is 30.3 Å². The van der Waals surface area contributed by atoms with Gasteiger partial charge >= 0.3 is 0 Å². The lowest BCUT2D eigenvalue weighted by Crippen LogP contribution is -2.32. The fourth-order valence-electron chi connectivity index (χ4n) is 3.56. The number of hydrogen-bond donors (Lipinski definition) is 0. The Hall–Kier alpha value is -3.78. The molecule has 2 aromatic heterocycles. The molecule has 0 saturated heterocycles. The molecule has 0 aliphatic carbocycles. The molecule has 2 aromatic carbocycles. The van der Waals surface area contributed by atoms with Crippen LogP contribution in [0.2, 0.25) is 0 Å². The van der Waals surface area contributed by atoms with E-state index in [1.165, 1.54) is 15.9 Å². The molecule has 1 aliphatic rings. The number of anilines is 1. The fraction of sp³-hybridized carbons (Fsp3) is 0.0909. The first-order valence-corrected chi connectivity index (χ1v) is 10.0. The fourth-order valence-corrected chi connectivity index (χ4v) is 4.56. The Bertz CT molecular complexity index is 1420. The summed E-state index contributed by atoms with van der Waals surface area (Å²) in [6.45, 7) is 4.10. The molecule has 4 aromatic rings. The number of thiazole rings is 1. The summed E-state index contributed by atoms with van der Waals surface area (Å²) in [5.41, 5.74) is 2.33. The van der Waals surface area contributed by atoms with Gasteiger partial charge in [0.05, 0.1) is 18.4 Å². The maximum atomic E-state index is 13.1. The number of methoxy groups -OCH3 is 1. The number of para-hydroxylation sites is 1. The molecule has 0 atom stereocenters. The van der Waals surface area contributed by atoms with E-state index in [9.17, 15) is 9.59 Å². The Labute approximate surface area is 175 Å². The van der Waals surface area contributed by atoms with Crippen molar-refractivity contribution in [2.45, 2.75) is 0 Å². The van der Waals surface area contributed by atoms with Crippen molar-refractivity contribution in [1.29, 1.82) is 0 Å². The van der Waals surface area contributed by atoms with Crippen molar-refractivity contribution in [1.82, 2.24) is 14.6 Å². The first-order chi connectivity index (χ1) is 14.6. The monoisotopic (exact) mass is 416 g/mol. The highest BCUT2D eigenvalue weighted by atomic mass is 32.1. The molecule has 0 spiro atoms. The lowest BCUT2D eigenvalue weighted by atomic mass is 10.1. The molecule has 0 unspecified atom stereocenters. The first-order valence-electron chi connectivity index (χ1n) is 9.23. The van der Waals surface area contributed by atoms with Crippen molar-refractivity contribution >= 4 is 33.5 Å². The van der Waals surface area contributed by atoms with Gasteiger partial charge in [-0.1, -0.05) is 35.6 Å². The van der Waals surface area contributed by atoms with Crippen LogP contribution in [0.3, 0.4) is 0 Å². The number of rotatable bonds is 4. The van der Waals surface area contributed by atoms with Gasteiger partial charge in [-0.2, -0.15) is 9.50 Å². The Balaban J connectivity index is 1.68. The number of carbonyl (C=O) groups is 1. The number of nitrogens with zero attached hydrogens (tertiary/aromatic N) is 4. The third kappa shape index (κ3) is 2.65. The summed E-state index contributed by atoms with van der Waals surface area (Å²) in [4.78, 5) is 32.8. The van der Waals surface area contributed by atoms with Crippen LogP contribution in [-0.2, 0) is 4.79 Å². The van der Waals surface area contributed by atoms with E-state index in [0.717, 1.165) is 22.6 Å². The molecule has 3 heterocycles. The Morgan fingerprint density at radius 2 is 1.90 bits per heavy atom. The molecule has 8 heteroatoms. The SMILES string of the molecule is C=CCN1C(=O)/C(=c2\sc3nc(-c4ccc(OC)cc4)nn3c2=O)c2ccccc21. The lowest BCUT2D eigenvalue weighted by molar-refractivity contribution is -0.112. The molecule has 0 radical (unpaired) electrons. The van der Waals surface area contributed by atoms with E-state index in [0.29, 0.717) is 27.4 Å². The lowest BCUT2D eigenvalue weighted by Gasteiger charge is -2.13. The van der Waals surface area contributed by atoms with E-state index >= 15 is 0 Å². The summed E-state index contributed by atoms with van der Waals surface area (Å²) in [5.74, 6) is 0.961. The number of carbonyl (C=O) groups excluding carboxylic acids is 1. The van der Waals surface area contributed by atoms with Crippen LogP contribution in [0.5, 0.6) is 5.75 Å². The third-order valence-electron chi connectivity index (χ3n) is 4.97. The highest BCUT2D eigenvalue weighted by molar-refractivity contribution is 7.15. The van der Waals surface area contributed by atoms with Gasteiger partial charge in [0.2, 0.25) is 4.96 Å². The molecule has 30 heavy (non-hydrogen) atoms. The van der Waals surface area contributed by atoms with Crippen molar-refractivity contribution < 1.29 is 9.53 Å². The van der Waals surface area contributed by atoms with Crippen molar-refractivity contribution in [2.75, 3.05) is 18.6 Å². The van der Waals surface area contributed by atoms with Crippen LogP contribution in [0, 0.1) is 0 Å². The van der Waals surface area contributed by atoms with E-state index in [2.05, 4.69) is 16.7 Å². The van der Waals surface area contributed by atoms with Crippen molar-refractivity contribution in [3.63, 3.8) is 0 Å². The Morgan fingerprint density at radius 3 is 2.60 bits per heavy atom. The van der Waals surface area contributed by atoms with Crippen LogP contribution in [0.25, 0.3) is 21.9 Å². The molecule has 0 saturated carbocycles. The zero-order valence-electron chi connectivity index (χ0n) is 16.0. The number of hydrogen-bond acceptors (Lipinski definition) is 6. The number of benzene rings is 2. The molecule has 1 amide bonds. The van der Waals surface area contributed by atoms with Crippen molar-refractivity contribution in [3.8, 4) is 17.1 Å². The molecular weight excluding hydrogens is 400 g/mol. The van der Waals surface area contributed by atoms with Crippen LogP contribution in [-0.4, -0.2) is 34.2 Å². The minimum atomic E-state index is -0.346. The number of amides is 1. The molecule has 7 nitrogen and oxygen atoms in total. The molecule has 0 N–H and O–H groups in total. The van der Waals surface area contributed by atoms with Gasteiger partial charge < -0.3 is 9.64 Å². The van der Waals surface area contributed by atoms with E-state index < -0.39 is 0 Å². The second-order valence-electron chi connectivity index (χ2n) is 6.69. The Kier molecular flexibility index (Phi) is 4.22. The molecule has 0 bridgehead atoms. The smallest absolute Gasteiger partial charge is 0.291 e. The van der Waals surface area contributed by atoms with Crippen LogP contribution >= 0.6 is 11.3 Å². The number of ether oxygens (including phenoxy) is 1. The maximum absolute atomic E-state index is 13.1. The molecule has 148 valence electrons. The quantitative estimate of drug-likeness (QED) is 0.477. The minimum absolute atomic E-state index is 0.215. The van der Waals surface area contributed by atoms with Gasteiger partial charge in [0.1, 0.15) is 10.3 Å². The average molecular weight is 416 g/mol. The van der Waals surface area contributed by atoms with Crippen molar-refractivity contribution in [2.24, 2.45) is 0 Å². The van der Waals surface area contributed by atoms with E-state index in [4.69, 9.17) is 4.74 Å². The standard InChI is InChI=1S/C22H16N4O3S/c1-3-12-25-16-7-5-4-6-15(16)17(20(25)27)18-21(28)26-22(30-18)23-19(24-26)13-8-10-14(29-2)11-9-13/h3-11H,1,12H2,2H3/b18-17-. The summed E-state index contributed by atoms with van der Waals surface area (Å²) >= 11 is 1.17. The summed E-state index contributed by atoms with van der Waals surface area (Å²) in [6.07, 6.45) is 1.67. The molecule has 5 rings (SSSR count). The van der Waals surface area contributed by atoms with Gasteiger partial charge in [0, 0.05) is 17.7 Å². The van der Waals surface area contributed by atoms with E-state index in [-0.39, 0.29) is 11.5 Å². The summed E-state index contributed by atoms with van der Waals surface area (Å²) in [5, 5.41) is 4.37. The van der Waals surface area contributed by atoms with Crippen LogP contribution in [0.1, 0.15) is 5.56 Å². The molecule has 1 aliphatic heterocycles. The second-order valence-corrected chi connectivity index (χ2v) is 7.67. The van der Waals surface area contributed by atoms with Crippen LogP contribution < -0.4 is 19.7 Å². The van der Waals surface area contributed by atoms with Gasteiger partial charge in [0.15, 0.2) is 5.82 Å². The van der Waals surface area contributed by atoms with Crippen molar-refractivity contribution in [3.05, 3.63) is 81.6 Å². The summed E-state index contributed by atoms with van der Waals surface area (Å²) < 4.78 is 6.77. The predicted molar refractivity (Wildman–Crippen MR) is 116 cm³/mol.